The Balaban J connectivity index is 2.00. The molecule has 1 heterocycles. The first-order chi connectivity index (χ1) is 13.3. The molecule has 0 unspecified atom stereocenters. The SMILES string of the molecule is CN(c1ccc(C#N)cc1)c1nc(Nc2ccc(F)cc2)ncc1C(F)(F)F. The Bertz CT molecular complexity index is 1010. The number of nitrogens with zero attached hydrogens (tertiary/aromatic N) is 4. The zero-order valence-electron chi connectivity index (χ0n) is 14.5. The van der Waals surface area contributed by atoms with Crippen LogP contribution in [0.4, 0.5) is 40.7 Å². The van der Waals surface area contributed by atoms with Gasteiger partial charge in [0.15, 0.2) is 5.82 Å². The van der Waals surface area contributed by atoms with Crippen LogP contribution >= 0.6 is 0 Å². The van der Waals surface area contributed by atoms with Gasteiger partial charge in [0.2, 0.25) is 5.95 Å². The highest BCUT2D eigenvalue weighted by Crippen LogP contribution is 2.37. The van der Waals surface area contributed by atoms with Gasteiger partial charge >= 0.3 is 6.18 Å². The molecule has 1 N–H and O–H groups in total. The Kier molecular flexibility index (Phi) is 5.13. The van der Waals surface area contributed by atoms with Crippen LogP contribution in [0, 0.1) is 17.1 Å². The van der Waals surface area contributed by atoms with Crippen LogP contribution in [0.15, 0.2) is 54.7 Å². The average molecular weight is 387 g/mol. The molecule has 0 aliphatic heterocycles. The van der Waals surface area contributed by atoms with Gasteiger partial charge in [-0.05, 0) is 48.5 Å². The number of nitrogens with one attached hydrogen (secondary N) is 1. The fraction of sp³-hybridized carbons (Fsp3) is 0.105. The van der Waals surface area contributed by atoms with Crippen molar-refractivity contribution in [3.05, 3.63) is 71.7 Å². The van der Waals surface area contributed by atoms with Crippen molar-refractivity contribution in [2.24, 2.45) is 0 Å². The lowest BCUT2D eigenvalue weighted by molar-refractivity contribution is -0.137. The van der Waals surface area contributed by atoms with E-state index in [2.05, 4.69) is 15.3 Å². The number of halogens is 4. The van der Waals surface area contributed by atoms with Gasteiger partial charge in [-0.15, -0.1) is 0 Å². The molecule has 28 heavy (non-hydrogen) atoms. The molecule has 9 heteroatoms. The highest BCUT2D eigenvalue weighted by molar-refractivity contribution is 5.65. The van der Waals surface area contributed by atoms with Gasteiger partial charge in [-0.3, -0.25) is 0 Å². The molecule has 2 aromatic carbocycles. The lowest BCUT2D eigenvalue weighted by Crippen LogP contribution is -2.19. The van der Waals surface area contributed by atoms with Crippen molar-refractivity contribution in [1.82, 2.24) is 9.97 Å². The van der Waals surface area contributed by atoms with Gasteiger partial charge in [0.1, 0.15) is 11.4 Å². The molecule has 0 bridgehead atoms. The van der Waals surface area contributed by atoms with Crippen LogP contribution in [-0.4, -0.2) is 17.0 Å². The number of alkyl halides is 3. The van der Waals surface area contributed by atoms with Crippen LogP contribution in [-0.2, 0) is 6.18 Å². The highest BCUT2D eigenvalue weighted by Gasteiger charge is 2.36. The molecule has 0 aliphatic carbocycles. The second-order valence-electron chi connectivity index (χ2n) is 5.78. The quantitative estimate of drug-likeness (QED) is 0.637. The summed E-state index contributed by atoms with van der Waals surface area (Å²) in [5.41, 5.74) is 0.211. The highest BCUT2D eigenvalue weighted by atomic mass is 19.4. The van der Waals surface area contributed by atoms with Gasteiger partial charge < -0.3 is 10.2 Å². The van der Waals surface area contributed by atoms with E-state index in [4.69, 9.17) is 5.26 Å². The van der Waals surface area contributed by atoms with Gasteiger partial charge in [-0.25, -0.2) is 9.37 Å². The van der Waals surface area contributed by atoms with Crippen molar-refractivity contribution in [1.29, 1.82) is 5.26 Å². The fourth-order valence-corrected chi connectivity index (χ4v) is 2.43. The summed E-state index contributed by atoms with van der Waals surface area (Å²) in [7, 11) is 1.43. The van der Waals surface area contributed by atoms with Crippen LogP contribution in [0.2, 0.25) is 0 Å². The van der Waals surface area contributed by atoms with Crippen molar-refractivity contribution >= 4 is 23.1 Å². The molecule has 0 aliphatic rings. The topological polar surface area (TPSA) is 64.8 Å². The molecule has 1 aromatic heterocycles. The lowest BCUT2D eigenvalue weighted by atomic mass is 10.2. The summed E-state index contributed by atoms with van der Waals surface area (Å²) in [5, 5.41) is 11.6. The summed E-state index contributed by atoms with van der Waals surface area (Å²) in [6.45, 7) is 0. The summed E-state index contributed by atoms with van der Waals surface area (Å²) in [4.78, 5) is 8.97. The van der Waals surface area contributed by atoms with Gasteiger partial charge in [0.25, 0.3) is 0 Å². The second-order valence-corrected chi connectivity index (χ2v) is 5.78. The van der Waals surface area contributed by atoms with E-state index >= 15 is 0 Å². The van der Waals surface area contributed by atoms with Crippen LogP contribution in [0.3, 0.4) is 0 Å². The minimum Gasteiger partial charge on any atom is -0.329 e. The summed E-state index contributed by atoms with van der Waals surface area (Å²) in [5.74, 6) is -0.882. The third kappa shape index (κ3) is 4.17. The standard InChI is InChI=1S/C19H13F4N5/c1-28(15-8-2-12(10-24)3-9-15)17-16(19(21,22)23)11-25-18(27-17)26-14-6-4-13(20)5-7-14/h2-9,11H,1H3,(H,25,26,27). The Morgan fingerprint density at radius 1 is 1.04 bits per heavy atom. The predicted molar refractivity (Wildman–Crippen MR) is 95.9 cm³/mol. The van der Waals surface area contributed by atoms with E-state index in [1.807, 2.05) is 6.07 Å². The zero-order chi connectivity index (χ0) is 20.3. The third-order valence-corrected chi connectivity index (χ3v) is 3.88. The monoisotopic (exact) mass is 387 g/mol. The van der Waals surface area contributed by atoms with Crippen molar-refractivity contribution in [3.8, 4) is 6.07 Å². The lowest BCUT2D eigenvalue weighted by Gasteiger charge is -2.23. The number of aromatic nitrogens is 2. The molecule has 5 nitrogen and oxygen atoms in total. The minimum atomic E-state index is -4.66. The predicted octanol–water partition coefficient (Wildman–Crippen LogP) is 5.02. The third-order valence-electron chi connectivity index (χ3n) is 3.88. The number of nitriles is 1. The van der Waals surface area contributed by atoms with E-state index in [1.54, 1.807) is 0 Å². The molecule has 0 fully saturated rings. The second kappa shape index (κ2) is 7.52. The Morgan fingerprint density at radius 3 is 2.25 bits per heavy atom. The maximum Gasteiger partial charge on any atom is 0.421 e. The minimum absolute atomic E-state index is 0.0740. The maximum atomic E-state index is 13.4. The molecule has 0 spiro atoms. The number of benzene rings is 2. The summed E-state index contributed by atoms with van der Waals surface area (Å²) < 4.78 is 53.3. The normalized spacial score (nSPS) is 11.0. The Labute approximate surface area is 157 Å². The van der Waals surface area contributed by atoms with E-state index in [0.717, 1.165) is 0 Å². The number of hydrogen-bond donors (Lipinski definition) is 1. The van der Waals surface area contributed by atoms with Crippen LogP contribution in [0.25, 0.3) is 0 Å². The van der Waals surface area contributed by atoms with Gasteiger partial charge in [-0.1, -0.05) is 0 Å². The number of hydrogen-bond acceptors (Lipinski definition) is 5. The van der Waals surface area contributed by atoms with Crippen molar-refractivity contribution in [3.63, 3.8) is 0 Å². The van der Waals surface area contributed by atoms with Crippen molar-refractivity contribution in [2.45, 2.75) is 6.18 Å². The van der Waals surface area contributed by atoms with Gasteiger partial charge in [-0.2, -0.15) is 23.4 Å². The Morgan fingerprint density at radius 2 is 1.68 bits per heavy atom. The molecular formula is C19H13F4N5. The smallest absolute Gasteiger partial charge is 0.329 e. The van der Waals surface area contributed by atoms with Crippen LogP contribution in [0.1, 0.15) is 11.1 Å². The van der Waals surface area contributed by atoms with Crippen molar-refractivity contribution < 1.29 is 17.6 Å². The zero-order valence-corrected chi connectivity index (χ0v) is 14.5. The number of rotatable bonds is 4. The molecule has 0 radical (unpaired) electrons. The molecule has 142 valence electrons. The molecule has 3 aromatic rings. The molecule has 3 rings (SSSR count). The average Bonchev–Trinajstić information content (AvgIpc) is 2.68. The first kappa shape index (κ1) is 19.1. The largest absolute Gasteiger partial charge is 0.421 e. The van der Waals surface area contributed by atoms with Gasteiger partial charge in [0, 0.05) is 24.6 Å². The summed E-state index contributed by atoms with van der Waals surface area (Å²) in [6, 6.07) is 13.2. The van der Waals surface area contributed by atoms with Crippen LogP contribution < -0.4 is 10.2 Å². The molecule has 0 atom stereocenters. The maximum absolute atomic E-state index is 13.4. The summed E-state index contributed by atoms with van der Waals surface area (Å²) in [6.07, 6.45) is -3.97. The van der Waals surface area contributed by atoms with E-state index in [1.165, 1.54) is 60.5 Å². The first-order valence-corrected chi connectivity index (χ1v) is 7.98. The van der Waals surface area contributed by atoms with E-state index in [9.17, 15) is 17.6 Å². The molecule has 0 saturated carbocycles. The molecule has 0 amide bonds. The molecule has 0 saturated heterocycles. The van der Waals surface area contributed by atoms with E-state index in [-0.39, 0.29) is 11.8 Å². The van der Waals surface area contributed by atoms with E-state index in [0.29, 0.717) is 23.1 Å². The summed E-state index contributed by atoms with van der Waals surface area (Å²) >= 11 is 0. The number of anilines is 4. The fourth-order valence-electron chi connectivity index (χ4n) is 2.43. The Hall–Kier alpha value is -3.67. The van der Waals surface area contributed by atoms with Crippen LogP contribution in [0.5, 0.6) is 0 Å². The van der Waals surface area contributed by atoms with Crippen molar-refractivity contribution in [2.75, 3.05) is 17.3 Å². The van der Waals surface area contributed by atoms with E-state index < -0.39 is 17.6 Å². The molecular weight excluding hydrogens is 374 g/mol. The van der Waals surface area contributed by atoms with Gasteiger partial charge in [0.05, 0.1) is 11.6 Å². The first-order valence-electron chi connectivity index (χ1n) is 7.98.